The first kappa shape index (κ1) is 29.8. The number of hydrogen-bond donors (Lipinski definition) is 3. The summed E-state index contributed by atoms with van der Waals surface area (Å²) in [6, 6.07) is 0. The predicted octanol–water partition coefficient (Wildman–Crippen LogP) is 7.11. The highest BCUT2D eigenvalue weighted by Gasteiger charge is 2.03. The van der Waals surface area contributed by atoms with E-state index in [4.69, 9.17) is 5.73 Å². The van der Waals surface area contributed by atoms with E-state index in [9.17, 15) is 4.79 Å². The topological polar surface area (TPSA) is 83.8 Å². The van der Waals surface area contributed by atoms with Gasteiger partial charge in [0, 0.05) is 18.7 Å². The summed E-state index contributed by atoms with van der Waals surface area (Å²) in [5.74, 6) is 0.599. The molecular weight excluding hydrogens is 408 g/mol. The van der Waals surface area contributed by atoms with Crippen molar-refractivity contribution in [2.75, 3.05) is 12.3 Å². The van der Waals surface area contributed by atoms with Gasteiger partial charge in [-0.25, -0.2) is 4.98 Å². The smallest absolute Gasteiger partial charge is 0.220 e. The van der Waals surface area contributed by atoms with E-state index in [2.05, 4.69) is 22.2 Å². The lowest BCUT2D eigenvalue weighted by Gasteiger charge is -2.05. The van der Waals surface area contributed by atoms with Crippen molar-refractivity contribution in [1.82, 2.24) is 15.3 Å². The van der Waals surface area contributed by atoms with Crippen LogP contribution < -0.4 is 11.1 Å². The van der Waals surface area contributed by atoms with E-state index in [1.165, 1.54) is 96.3 Å². The lowest BCUT2D eigenvalue weighted by molar-refractivity contribution is -0.121. The molecule has 0 aliphatic carbocycles. The maximum Gasteiger partial charge on any atom is 0.220 e. The fourth-order valence-electron chi connectivity index (χ4n) is 3.93. The summed E-state index contributed by atoms with van der Waals surface area (Å²) < 4.78 is 0. The number of halogens is 1. The number of nitrogens with two attached hydrogens (primary N) is 1. The van der Waals surface area contributed by atoms with Crippen LogP contribution in [0.3, 0.4) is 0 Å². The Morgan fingerprint density at radius 1 is 0.839 bits per heavy atom. The molecular formula is C25H49ClN4O. The van der Waals surface area contributed by atoms with Gasteiger partial charge in [-0.2, -0.15) is 0 Å². The number of carbonyl (C=O) groups excluding carboxylic acids is 1. The van der Waals surface area contributed by atoms with Crippen molar-refractivity contribution < 1.29 is 4.79 Å². The fraction of sp³-hybridized carbons (Fsp3) is 0.840. The van der Waals surface area contributed by atoms with Gasteiger partial charge in [-0.15, -0.1) is 12.4 Å². The second kappa shape index (κ2) is 22.0. The zero-order chi connectivity index (χ0) is 21.7. The zero-order valence-corrected chi connectivity index (χ0v) is 20.9. The number of hydrogen-bond acceptors (Lipinski definition) is 3. The van der Waals surface area contributed by atoms with Crippen molar-refractivity contribution in [1.29, 1.82) is 0 Å². The summed E-state index contributed by atoms with van der Waals surface area (Å²) >= 11 is 0. The quantitative estimate of drug-likeness (QED) is 0.172. The summed E-state index contributed by atoms with van der Waals surface area (Å²) in [5, 5.41) is 3.03. The zero-order valence-electron chi connectivity index (χ0n) is 20.1. The largest absolute Gasteiger partial charge is 0.369 e. The Morgan fingerprint density at radius 2 is 1.32 bits per heavy atom. The summed E-state index contributed by atoms with van der Waals surface area (Å²) in [7, 11) is 0. The van der Waals surface area contributed by atoms with Gasteiger partial charge in [0.2, 0.25) is 5.91 Å². The first-order chi connectivity index (χ1) is 14.7. The van der Waals surface area contributed by atoms with E-state index in [1.807, 2.05) is 0 Å². The third-order valence-corrected chi connectivity index (χ3v) is 5.85. The number of aromatic nitrogens is 2. The molecule has 1 aromatic rings. The van der Waals surface area contributed by atoms with Crippen LogP contribution in [0, 0.1) is 0 Å². The Morgan fingerprint density at radius 3 is 1.77 bits per heavy atom. The van der Waals surface area contributed by atoms with Gasteiger partial charge in [-0.3, -0.25) is 4.79 Å². The predicted molar refractivity (Wildman–Crippen MR) is 136 cm³/mol. The summed E-state index contributed by atoms with van der Waals surface area (Å²) in [5.41, 5.74) is 6.54. The molecule has 0 saturated carbocycles. The minimum Gasteiger partial charge on any atom is -0.369 e. The number of nitrogen functional groups attached to an aromatic ring is 1. The Hall–Kier alpha value is -1.23. The van der Waals surface area contributed by atoms with Crippen molar-refractivity contribution in [2.24, 2.45) is 0 Å². The van der Waals surface area contributed by atoms with E-state index >= 15 is 0 Å². The molecule has 4 N–H and O–H groups in total. The molecule has 1 rings (SSSR count). The number of amides is 1. The lowest BCUT2D eigenvalue weighted by atomic mass is 10.0. The summed E-state index contributed by atoms with van der Waals surface area (Å²) in [6.07, 6.45) is 25.9. The third-order valence-electron chi connectivity index (χ3n) is 5.85. The highest BCUT2D eigenvalue weighted by Crippen LogP contribution is 2.13. The van der Waals surface area contributed by atoms with Crippen LogP contribution >= 0.6 is 12.4 Å². The molecule has 0 aliphatic heterocycles. The Bertz CT molecular complexity index is 521. The van der Waals surface area contributed by atoms with Crippen LogP contribution in [0.4, 0.5) is 5.95 Å². The number of rotatable bonds is 21. The average Bonchev–Trinajstić information content (AvgIpc) is 3.15. The number of imidazole rings is 1. The van der Waals surface area contributed by atoms with Gasteiger partial charge < -0.3 is 16.0 Å². The molecule has 0 fully saturated rings. The van der Waals surface area contributed by atoms with Crippen LogP contribution in [-0.2, 0) is 11.2 Å². The highest BCUT2D eigenvalue weighted by atomic mass is 35.5. The van der Waals surface area contributed by atoms with Crippen LogP contribution in [0.1, 0.15) is 128 Å². The van der Waals surface area contributed by atoms with Gasteiger partial charge in [0.25, 0.3) is 0 Å². The molecule has 0 spiro atoms. The van der Waals surface area contributed by atoms with Gasteiger partial charge in [0.15, 0.2) is 5.95 Å². The van der Waals surface area contributed by atoms with E-state index in [0.717, 1.165) is 31.5 Å². The number of aromatic amines is 1. The molecule has 1 heterocycles. The van der Waals surface area contributed by atoms with E-state index < -0.39 is 0 Å². The monoisotopic (exact) mass is 456 g/mol. The molecule has 0 atom stereocenters. The Kier molecular flexibility index (Phi) is 21.1. The molecule has 0 aliphatic rings. The van der Waals surface area contributed by atoms with E-state index in [-0.39, 0.29) is 18.3 Å². The maximum atomic E-state index is 11.8. The SMILES string of the molecule is CCCCCCCCCCCCCCCCCCNC(=O)CCCc1cnc(N)[nH]1.Cl. The van der Waals surface area contributed by atoms with Crippen LogP contribution in [0.5, 0.6) is 0 Å². The number of H-pyrrole nitrogens is 1. The fourth-order valence-corrected chi connectivity index (χ4v) is 3.93. The standard InChI is InChI=1S/C25H48N4O.ClH/c1-2-3-4-5-6-7-8-9-10-11-12-13-14-15-16-17-21-27-24(30)20-18-19-23-22-28-25(26)29-23;/h22H,2-21H2,1H3,(H,27,30)(H3,26,28,29);1H. The van der Waals surface area contributed by atoms with Gasteiger partial charge >= 0.3 is 0 Å². The van der Waals surface area contributed by atoms with Crippen molar-refractivity contribution >= 4 is 24.3 Å². The number of carbonyl (C=O) groups is 1. The number of nitrogens with one attached hydrogen (secondary N) is 2. The number of aryl methyl sites for hydroxylation is 1. The minimum atomic E-state index is 0. The molecule has 1 aromatic heterocycles. The van der Waals surface area contributed by atoms with Gasteiger partial charge in [-0.1, -0.05) is 103 Å². The summed E-state index contributed by atoms with van der Waals surface area (Å²) in [6.45, 7) is 3.10. The van der Waals surface area contributed by atoms with Gasteiger partial charge in [0.1, 0.15) is 0 Å². The number of unbranched alkanes of at least 4 members (excludes halogenated alkanes) is 15. The Balaban J connectivity index is 0.00000900. The van der Waals surface area contributed by atoms with E-state index in [1.54, 1.807) is 6.20 Å². The lowest BCUT2D eigenvalue weighted by Crippen LogP contribution is -2.24. The number of nitrogens with zero attached hydrogens (tertiary/aromatic N) is 1. The first-order valence-corrected chi connectivity index (χ1v) is 12.8. The van der Waals surface area contributed by atoms with Crippen molar-refractivity contribution in [3.63, 3.8) is 0 Å². The molecule has 1 amide bonds. The highest BCUT2D eigenvalue weighted by molar-refractivity contribution is 5.85. The summed E-state index contributed by atoms with van der Waals surface area (Å²) in [4.78, 5) is 18.8. The normalized spacial score (nSPS) is 10.7. The molecule has 5 nitrogen and oxygen atoms in total. The third kappa shape index (κ3) is 19.2. The average molecular weight is 457 g/mol. The van der Waals surface area contributed by atoms with E-state index in [0.29, 0.717) is 12.4 Å². The second-order valence-electron chi connectivity index (χ2n) is 8.80. The minimum absolute atomic E-state index is 0. The molecule has 0 aromatic carbocycles. The van der Waals surface area contributed by atoms with Crippen LogP contribution in [-0.4, -0.2) is 22.4 Å². The van der Waals surface area contributed by atoms with Gasteiger partial charge in [-0.05, 0) is 19.3 Å². The molecule has 31 heavy (non-hydrogen) atoms. The van der Waals surface area contributed by atoms with Crippen LogP contribution in [0.2, 0.25) is 0 Å². The maximum absolute atomic E-state index is 11.8. The number of anilines is 1. The van der Waals surface area contributed by atoms with Crippen molar-refractivity contribution in [2.45, 2.75) is 129 Å². The molecule has 0 bridgehead atoms. The first-order valence-electron chi connectivity index (χ1n) is 12.8. The van der Waals surface area contributed by atoms with Crippen LogP contribution in [0.15, 0.2) is 6.20 Å². The van der Waals surface area contributed by atoms with Gasteiger partial charge in [0.05, 0.1) is 6.20 Å². The van der Waals surface area contributed by atoms with Crippen LogP contribution in [0.25, 0.3) is 0 Å². The molecule has 0 unspecified atom stereocenters. The second-order valence-corrected chi connectivity index (χ2v) is 8.80. The van der Waals surface area contributed by atoms with Crippen molar-refractivity contribution in [3.05, 3.63) is 11.9 Å². The Labute approximate surface area is 197 Å². The molecule has 0 saturated heterocycles. The van der Waals surface area contributed by atoms with Crippen molar-refractivity contribution in [3.8, 4) is 0 Å². The molecule has 182 valence electrons. The molecule has 6 heteroatoms. The molecule has 0 radical (unpaired) electrons.